The number of benzene rings is 1. The maximum absolute atomic E-state index is 12.4. The maximum Gasteiger partial charge on any atom is 0.230 e. The van der Waals surface area contributed by atoms with E-state index in [0.29, 0.717) is 12.5 Å². The van der Waals surface area contributed by atoms with E-state index in [1.165, 1.54) is 5.56 Å². The molecule has 3 rings (SSSR count). The first-order valence-electron chi connectivity index (χ1n) is 7.41. The van der Waals surface area contributed by atoms with E-state index in [9.17, 15) is 4.79 Å². The number of nitrogens with zero attached hydrogens (tertiary/aromatic N) is 1. The van der Waals surface area contributed by atoms with Crippen LogP contribution in [0.25, 0.3) is 0 Å². The van der Waals surface area contributed by atoms with Gasteiger partial charge in [-0.3, -0.25) is 4.79 Å². The van der Waals surface area contributed by atoms with Crippen molar-refractivity contribution in [2.24, 2.45) is 11.8 Å². The van der Waals surface area contributed by atoms with Gasteiger partial charge in [0.25, 0.3) is 0 Å². The number of fused-ring (bicyclic) bond motifs is 1. The molecule has 21 heavy (non-hydrogen) atoms. The van der Waals surface area contributed by atoms with Crippen LogP contribution in [0.1, 0.15) is 32.4 Å². The number of rotatable bonds is 2. The van der Waals surface area contributed by atoms with Gasteiger partial charge in [-0.25, -0.2) is 0 Å². The minimum atomic E-state index is 0. The van der Waals surface area contributed by atoms with Crippen molar-refractivity contribution in [3.8, 4) is 0 Å². The third-order valence-electron chi connectivity index (χ3n) is 3.95. The number of amides is 1. The average molecular weight is 511 g/mol. The Labute approximate surface area is 151 Å². The molecule has 1 saturated heterocycles. The predicted molar refractivity (Wildman–Crippen MR) is 80.0 cm³/mol. The van der Waals surface area contributed by atoms with E-state index in [2.05, 4.69) is 19.1 Å². The van der Waals surface area contributed by atoms with Crippen molar-refractivity contribution in [1.29, 1.82) is 0 Å². The Bertz CT molecular complexity index is 475. The van der Waals surface area contributed by atoms with Crippen LogP contribution in [-0.4, -0.2) is 24.0 Å². The molecule has 1 fully saturated rings. The monoisotopic (exact) mass is 511 g/mol. The van der Waals surface area contributed by atoms with Gasteiger partial charge in [0.1, 0.15) is 0 Å². The van der Waals surface area contributed by atoms with Gasteiger partial charge >= 0.3 is 0 Å². The van der Waals surface area contributed by atoms with Gasteiger partial charge in [-0.15, -0.1) is 0 Å². The quantitative estimate of drug-likeness (QED) is 0.610. The van der Waals surface area contributed by atoms with E-state index in [1.54, 1.807) is 6.26 Å². The molecule has 1 aromatic carbocycles. The van der Waals surface area contributed by atoms with Gasteiger partial charge in [0.15, 0.2) is 0 Å². The normalized spacial score (nSPS) is 24.1. The second-order valence-corrected chi connectivity index (χ2v) is 5.02. The van der Waals surface area contributed by atoms with Gasteiger partial charge in [-0.2, -0.15) is 0 Å². The zero-order valence-corrected chi connectivity index (χ0v) is 17.1. The van der Waals surface area contributed by atoms with Crippen LogP contribution in [0.2, 0.25) is 0 Å². The van der Waals surface area contributed by atoms with E-state index >= 15 is 0 Å². The summed E-state index contributed by atoms with van der Waals surface area (Å²) in [6, 6.07) is 10.3. The van der Waals surface area contributed by atoms with Crippen molar-refractivity contribution in [3.05, 3.63) is 48.2 Å². The Morgan fingerprint density at radius 2 is 1.90 bits per heavy atom. The third kappa shape index (κ3) is 3.93. The van der Waals surface area contributed by atoms with Crippen molar-refractivity contribution in [2.75, 3.05) is 13.2 Å². The van der Waals surface area contributed by atoms with Gasteiger partial charge in [-0.05, 0) is 18.6 Å². The summed E-state index contributed by atoms with van der Waals surface area (Å²) in [5.74, 6) is 0.564. The first-order valence-corrected chi connectivity index (χ1v) is 7.41. The molecule has 3 nitrogen and oxygen atoms in total. The van der Waals surface area contributed by atoms with Gasteiger partial charge in [0, 0.05) is 43.6 Å². The summed E-state index contributed by atoms with van der Waals surface area (Å²) in [5, 5.41) is 0. The molecule has 1 amide bonds. The van der Waals surface area contributed by atoms with Crippen LogP contribution < -0.4 is 0 Å². The van der Waals surface area contributed by atoms with Crippen LogP contribution in [0.3, 0.4) is 0 Å². The summed E-state index contributed by atoms with van der Waals surface area (Å²) >= 11 is 0. The molecule has 0 saturated carbocycles. The number of hydrogen-bond acceptors (Lipinski definition) is 2. The van der Waals surface area contributed by atoms with Crippen LogP contribution in [0.15, 0.2) is 42.7 Å². The predicted octanol–water partition coefficient (Wildman–Crippen LogP) is 3.39. The minimum absolute atomic E-state index is 0. The number of ether oxygens (including phenoxy) is 1. The Morgan fingerprint density at radius 1 is 1.24 bits per heavy atom. The first kappa shape index (κ1) is 18.3. The molecule has 0 radical (unpaired) electrons. The van der Waals surface area contributed by atoms with E-state index in [4.69, 9.17) is 4.74 Å². The molecule has 0 unspecified atom stereocenters. The number of hydrogen-bond donors (Lipinski definition) is 0. The summed E-state index contributed by atoms with van der Waals surface area (Å²) in [6.07, 6.45) is 3.56. The Balaban J connectivity index is 0.000000706. The molecule has 0 bridgehead atoms. The largest absolute Gasteiger partial charge is 0.501 e. The minimum Gasteiger partial charge on any atom is -0.501 e. The fourth-order valence-electron chi connectivity index (χ4n) is 2.82. The molecule has 4 heteroatoms. The number of carbonyl (C=O) groups excluding carboxylic acids is 1. The van der Waals surface area contributed by atoms with E-state index in [0.717, 1.165) is 6.54 Å². The molecule has 0 spiro atoms. The second-order valence-electron chi connectivity index (χ2n) is 5.02. The van der Waals surface area contributed by atoms with Crippen molar-refractivity contribution >= 4 is 5.91 Å². The Kier molecular flexibility index (Phi) is 7.56. The van der Waals surface area contributed by atoms with Crippen molar-refractivity contribution in [1.82, 2.24) is 4.90 Å². The van der Waals surface area contributed by atoms with Crippen molar-refractivity contribution in [2.45, 2.75) is 26.8 Å². The Morgan fingerprint density at radius 3 is 2.52 bits per heavy atom. The Hall–Kier alpha value is -0.718. The molecule has 3 atom stereocenters. The smallest absolute Gasteiger partial charge is 0.230 e. The molecular weight excluding hydrogens is 488 g/mol. The second kappa shape index (κ2) is 8.66. The van der Waals surface area contributed by atoms with Crippen LogP contribution in [-0.2, 0) is 9.53 Å². The number of likely N-dealkylation sites (tertiary alicyclic amines) is 1. The fourth-order valence-corrected chi connectivity index (χ4v) is 2.82. The van der Waals surface area contributed by atoms with Gasteiger partial charge in [-0.1, -0.05) is 44.2 Å². The molecule has 112 valence electrons. The summed E-state index contributed by atoms with van der Waals surface area (Å²) in [7, 11) is 0. The number of carbonyl (C=O) groups is 1. The fraction of sp³-hybridized carbons (Fsp3) is 0.471. The molecule has 2 heterocycles. The molecule has 1 aromatic rings. The third-order valence-corrected chi connectivity index (χ3v) is 3.95. The topological polar surface area (TPSA) is 29.5 Å². The molecule has 0 aromatic heterocycles. The van der Waals surface area contributed by atoms with Gasteiger partial charge < -0.3 is 9.64 Å². The van der Waals surface area contributed by atoms with E-state index in [-0.39, 0.29) is 49.0 Å². The summed E-state index contributed by atoms with van der Waals surface area (Å²) in [6.45, 7) is 7.55. The maximum atomic E-state index is 12.4. The summed E-state index contributed by atoms with van der Waals surface area (Å²) in [5.41, 5.74) is 1.19. The van der Waals surface area contributed by atoms with Crippen molar-refractivity contribution in [3.63, 3.8) is 0 Å². The zero-order chi connectivity index (χ0) is 14.5. The molecule has 0 aliphatic carbocycles. The molecule has 2 aliphatic heterocycles. The molecule has 2 aliphatic rings. The molecular formula is C17H23NO2U. The summed E-state index contributed by atoms with van der Waals surface area (Å²) in [4.78, 5) is 14.3. The van der Waals surface area contributed by atoms with Crippen molar-refractivity contribution < 1.29 is 40.6 Å². The van der Waals surface area contributed by atoms with E-state index in [1.807, 2.05) is 43.0 Å². The van der Waals surface area contributed by atoms with Crippen LogP contribution in [0.5, 0.6) is 0 Å². The zero-order valence-electron chi connectivity index (χ0n) is 13.0. The van der Waals surface area contributed by atoms with Crippen LogP contribution in [0, 0.1) is 42.9 Å². The van der Waals surface area contributed by atoms with Crippen LogP contribution in [0.4, 0.5) is 0 Å². The van der Waals surface area contributed by atoms with Crippen LogP contribution >= 0.6 is 0 Å². The average Bonchev–Trinajstić information content (AvgIpc) is 2.87. The van der Waals surface area contributed by atoms with E-state index < -0.39 is 0 Å². The van der Waals surface area contributed by atoms with Gasteiger partial charge in [0.2, 0.25) is 5.91 Å². The standard InChI is InChI=1S/C15H17NO2.C2H6.U/c1-11(12-5-3-2-4-6-12)16-9-13-10-18-8-7-14(13)15(16)17;1-2;/h2-8,11,13-14H,9-10H2,1H3;1-2H3;/t11-,13-,14+;;/m1../s1. The summed E-state index contributed by atoms with van der Waals surface area (Å²) < 4.78 is 5.31. The van der Waals surface area contributed by atoms with Gasteiger partial charge in [0.05, 0.1) is 24.8 Å². The SMILES string of the molecule is CC.C[C@H](c1ccccc1)N1C[C@@H]2COC=C[C@@H]2C1=O.[U]. The first-order chi connectivity index (χ1) is 9.77. The molecule has 0 N–H and O–H groups in total.